The summed E-state index contributed by atoms with van der Waals surface area (Å²) in [5, 5.41) is 0. The van der Waals surface area contributed by atoms with Crippen LogP contribution >= 0.6 is 0 Å². The summed E-state index contributed by atoms with van der Waals surface area (Å²) in [6.07, 6.45) is 6.23. The van der Waals surface area contributed by atoms with E-state index < -0.39 is 0 Å². The second-order valence-corrected chi connectivity index (χ2v) is 4.68. The standard InChI is InChI=1S/C16H18O3/c1-2-19-16(18)9-7-12-6-8-13-4-3-5-15(17)11-14(13)10-12/h6-10H,2-5,11H2,1H3/b9-7+. The number of fused-ring (bicyclic) bond motifs is 1. The number of hydrogen-bond donors (Lipinski definition) is 0. The van der Waals surface area contributed by atoms with E-state index in [1.165, 1.54) is 11.6 Å². The number of carbonyl (C=O) groups is 2. The van der Waals surface area contributed by atoms with Gasteiger partial charge in [0.2, 0.25) is 0 Å². The molecule has 0 aromatic heterocycles. The van der Waals surface area contributed by atoms with Crippen molar-refractivity contribution in [2.75, 3.05) is 6.61 Å². The molecule has 19 heavy (non-hydrogen) atoms. The van der Waals surface area contributed by atoms with Crippen LogP contribution in [0.3, 0.4) is 0 Å². The average Bonchev–Trinajstić information content (AvgIpc) is 2.56. The van der Waals surface area contributed by atoms with Crippen LogP contribution in [0.2, 0.25) is 0 Å². The first-order valence-electron chi connectivity index (χ1n) is 6.67. The summed E-state index contributed by atoms with van der Waals surface area (Å²) < 4.78 is 4.83. The lowest BCUT2D eigenvalue weighted by Gasteiger charge is -2.05. The van der Waals surface area contributed by atoms with Gasteiger partial charge in [-0.3, -0.25) is 4.79 Å². The average molecular weight is 258 g/mol. The number of esters is 1. The number of benzene rings is 1. The van der Waals surface area contributed by atoms with Crippen LogP contribution in [0.1, 0.15) is 36.5 Å². The maximum Gasteiger partial charge on any atom is 0.330 e. The second kappa shape index (κ2) is 6.32. The van der Waals surface area contributed by atoms with Crippen molar-refractivity contribution < 1.29 is 14.3 Å². The van der Waals surface area contributed by atoms with Gasteiger partial charge in [-0.25, -0.2) is 4.79 Å². The Morgan fingerprint density at radius 2 is 2.16 bits per heavy atom. The fourth-order valence-electron chi connectivity index (χ4n) is 2.29. The third kappa shape index (κ3) is 3.78. The topological polar surface area (TPSA) is 43.4 Å². The smallest absolute Gasteiger partial charge is 0.330 e. The van der Waals surface area contributed by atoms with Gasteiger partial charge in [-0.15, -0.1) is 0 Å². The normalized spacial score (nSPS) is 15.1. The molecule has 100 valence electrons. The van der Waals surface area contributed by atoms with Crippen LogP contribution in [0.5, 0.6) is 0 Å². The Labute approximate surface area is 113 Å². The van der Waals surface area contributed by atoms with Crippen molar-refractivity contribution >= 4 is 17.8 Å². The summed E-state index contributed by atoms with van der Waals surface area (Å²) >= 11 is 0. The maximum absolute atomic E-state index is 11.6. The van der Waals surface area contributed by atoms with E-state index in [0.29, 0.717) is 25.2 Å². The summed E-state index contributed by atoms with van der Waals surface area (Å²) in [5.74, 6) is -0.0428. The highest BCUT2D eigenvalue weighted by Crippen LogP contribution is 2.20. The minimum absolute atomic E-state index is 0.297. The Balaban J connectivity index is 2.16. The molecule has 1 aromatic carbocycles. The van der Waals surface area contributed by atoms with E-state index in [9.17, 15) is 9.59 Å². The lowest BCUT2D eigenvalue weighted by atomic mass is 10.00. The Hall–Kier alpha value is -1.90. The number of aryl methyl sites for hydroxylation is 1. The second-order valence-electron chi connectivity index (χ2n) is 4.68. The third-order valence-electron chi connectivity index (χ3n) is 3.22. The van der Waals surface area contributed by atoms with Crippen LogP contribution in [-0.2, 0) is 27.2 Å². The molecule has 0 atom stereocenters. The van der Waals surface area contributed by atoms with Crippen LogP contribution in [-0.4, -0.2) is 18.4 Å². The van der Waals surface area contributed by atoms with Crippen molar-refractivity contribution in [2.24, 2.45) is 0 Å². The van der Waals surface area contributed by atoms with Crippen molar-refractivity contribution in [1.82, 2.24) is 0 Å². The van der Waals surface area contributed by atoms with Crippen LogP contribution in [0, 0.1) is 0 Å². The Morgan fingerprint density at radius 1 is 1.32 bits per heavy atom. The molecule has 0 saturated heterocycles. The summed E-state index contributed by atoms with van der Waals surface area (Å²) in [7, 11) is 0. The molecule has 0 unspecified atom stereocenters. The highest BCUT2D eigenvalue weighted by molar-refractivity contribution is 5.87. The van der Waals surface area contributed by atoms with Gasteiger partial charge in [-0.05, 0) is 42.5 Å². The molecule has 0 amide bonds. The molecule has 0 spiro atoms. The summed E-state index contributed by atoms with van der Waals surface area (Å²) in [4.78, 5) is 22.9. The molecule has 0 heterocycles. The maximum atomic E-state index is 11.6. The molecule has 0 N–H and O–H groups in total. The van der Waals surface area contributed by atoms with Gasteiger partial charge in [0.15, 0.2) is 0 Å². The van der Waals surface area contributed by atoms with E-state index in [1.54, 1.807) is 13.0 Å². The summed E-state index contributed by atoms with van der Waals surface area (Å²) in [6.45, 7) is 2.15. The lowest BCUT2D eigenvalue weighted by Crippen LogP contribution is -2.00. The summed E-state index contributed by atoms with van der Waals surface area (Å²) in [5.41, 5.74) is 3.27. The monoisotopic (exact) mass is 258 g/mol. The molecule has 2 rings (SSSR count). The molecule has 3 nitrogen and oxygen atoms in total. The number of hydrogen-bond acceptors (Lipinski definition) is 3. The number of ether oxygens (including phenoxy) is 1. The first-order valence-corrected chi connectivity index (χ1v) is 6.67. The molecule has 1 aliphatic rings. The van der Waals surface area contributed by atoms with Crippen molar-refractivity contribution in [3.8, 4) is 0 Å². The highest BCUT2D eigenvalue weighted by Gasteiger charge is 2.13. The van der Waals surface area contributed by atoms with Crippen LogP contribution in [0.15, 0.2) is 24.3 Å². The molecule has 0 fully saturated rings. The predicted molar refractivity (Wildman–Crippen MR) is 73.8 cm³/mol. The first kappa shape index (κ1) is 13.5. The molecular weight excluding hydrogens is 240 g/mol. The van der Waals surface area contributed by atoms with Gasteiger partial charge in [0.25, 0.3) is 0 Å². The van der Waals surface area contributed by atoms with Gasteiger partial charge in [0.1, 0.15) is 5.78 Å². The molecule has 3 heteroatoms. The van der Waals surface area contributed by atoms with E-state index >= 15 is 0 Å². The lowest BCUT2D eigenvalue weighted by molar-refractivity contribution is -0.137. The van der Waals surface area contributed by atoms with E-state index in [4.69, 9.17) is 4.74 Å². The van der Waals surface area contributed by atoms with Crippen LogP contribution in [0.25, 0.3) is 6.08 Å². The Bertz CT molecular complexity index is 515. The van der Waals surface area contributed by atoms with Crippen molar-refractivity contribution in [1.29, 1.82) is 0 Å². The highest BCUT2D eigenvalue weighted by atomic mass is 16.5. The van der Waals surface area contributed by atoms with Crippen molar-refractivity contribution in [2.45, 2.75) is 32.6 Å². The molecule has 1 aliphatic carbocycles. The number of ketones is 1. The molecular formula is C16H18O3. The minimum atomic E-state index is -0.339. The molecule has 1 aromatic rings. The number of rotatable bonds is 3. The Kier molecular flexibility index (Phi) is 4.50. The number of Topliss-reactive ketones (excluding diaryl/α,β-unsaturated/α-hetero) is 1. The zero-order chi connectivity index (χ0) is 13.7. The third-order valence-corrected chi connectivity index (χ3v) is 3.22. The fourth-order valence-corrected chi connectivity index (χ4v) is 2.29. The van der Waals surface area contributed by atoms with Crippen LogP contribution < -0.4 is 0 Å². The van der Waals surface area contributed by atoms with Crippen molar-refractivity contribution in [3.05, 3.63) is 41.0 Å². The zero-order valence-electron chi connectivity index (χ0n) is 11.1. The van der Waals surface area contributed by atoms with E-state index in [1.807, 2.05) is 12.1 Å². The molecule has 0 saturated carbocycles. The quantitative estimate of drug-likeness (QED) is 0.475. The van der Waals surface area contributed by atoms with E-state index in [-0.39, 0.29) is 5.97 Å². The van der Waals surface area contributed by atoms with Gasteiger partial charge < -0.3 is 4.74 Å². The van der Waals surface area contributed by atoms with E-state index in [2.05, 4.69) is 6.07 Å². The van der Waals surface area contributed by atoms with Crippen LogP contribution in [0.4, 0.5) is 0 Å². The fraction of sp³-hybridized carbons (Fsp3) is 0.375. The Morgan fingerprint density at radius 3 is 2.95 bits per heavy atom. The van der Waals surface area contributed by atoms with Gasteiger partial charge in [-0.1, -0.05) is 18.2 Å². The predicted octanol–water partition coefficient (Wildman–Crippen LogP) is 2.71. The molecule has 0 radical (unpaired) electrons. The van der Waals surface area contributed by atoms with E-state index in [0.717, 1.165) is 24.0 Å². The summed E-state index contributed by atoms with van der Waals surface area (Å²) in [6, 6.07) is 6.03. The van der Waals surface area contributed by atoms with Gasteiger partial charge in [-0.2, -0.15) is 0 Å². The number of carbonyl (C=O) groups excluding carboxylic acids is 2. The molecule has 0 aliphatic heterocycles. The van der Waals surface area contributed by atoms with Gasteiger partial charge in [0.05, 0.1) is 6.61 Å². The SMILES string of the molecule is CCOC(=O)/C=C/c1ccc2c(c1)CC(=O)CCC2. The van der Waals surface area contributed by atoms with Crippen molar-refractivity contribution in [3.63, 3.8) is 0 Å². The van der Waals surface area contributed by atoms with Gasteiger partial charge >= 0.3 is 5.97 Å². The zero-order valence-corrected chi connectivity index (χ0v) is 11.1. The van der Waals surface area contributed by atoms with Gasteiger partial charge in [0, 0.05) is 18.9 Å². The first-order chi connectivity index (χ1) is 9.19. The minimum Gasteiger partial charge on any atom is -0.463 e. The largest absolute Gasteiger partial charge is 0.463 e. The molecule has 0 bridgehead atoms.